The Labute approximate surface area is 112 Å². The molecule has 1 rings (SSSR count). The number of aliphatic hydroxyl groups excluding tert-OH is 2. The number of amides is 1. The molecule has 19 heavy (non-hydrogen) atoms. The number of nitrogens with one attached hydrogen (secondary N) is 1. The fourth-order valence-electron chi connectivity index (χ4n) is 1.93. The molecule has 7 nitrogen and oxygen atoms in total. The Kier molecular flexibility index (Phi) is 6.75. The maximum Gasteiger partial charge on any atom is 0.305 e. The van der Waals surface area contributed by atoms with Gasteiger partial charge in [-0.3, -0.25) is 14.5 Å². The number of esters is 1. The minimum Gasteiger partial charge on any atom is -0.466 e. The van der Waals surface area contributed by atoms with Crippen molar-refractivity contribution in [3.8, 4) is 0 Å². The third-order valence-corrected chi connectivity index (χ3v) is 2.89. The SMILES string of the molecule is CCOC(=O)CCCNC(=O)CN1CC(O)C(O)C1. The average Bonchev–Trinajstić information content (AvgIpc) is 2.64. The number of hydrogen-bond donors (Lipinski definition) is 3. The van der Waals surface area contributed by atoms with Crippen LogP contribution in [0.5, 0.6) is 0 Å². The molecule has 0 spiro atoms. The van der Waals surface area contributed by atoms with Crippen LogP contribution in [0.25, 0.3) is 0 Å². The zero-order valence-electron chi connectivity index (χ0n) is 11.2. The second-order valence-corrected chi connectivity index (χ2v) is 4.59. The van der Waals surface area contributed by atoms with Gasteiger partial charge in [0.15, 0.2) is 0 Å². The highest BCUT2D eigenvalue weighted by Gasteiger charge is 2.30. The van der Waals surface area contributed by atoms with E-state index in [1.54, 1.807) is 11.8 Å². The summed E-state index contributed by atoms with van der Waals surface area (Å²) in [7, 11) is 0. The molecule has 0 radical (unpaired) electrons. The summed E-state index contributed by atoms with van der Waals surface area (Å²) in [5, 5.41) is 21.3. The summed E-state index contributed by atoms with van der Waals surface area (Å²) in [6.45, 7) is 3.28. The van der Waals surface area contributed by atoms with Gasteiger partial charge in [0.1, 0.15) is 0 Å². The fourth-order valence-corrected chi connectivity index (χ4v) is 1.93. The molecule has 0 aromatic carbocycles. The van der Waals surface area contributed by atoms with Crippen LogP contribution in [0.4, 0.5) is 0 Å². The average molecular weight is 274 g/mol. The third-order valence-electron chi connectivity index (χ3n) is 2.89. The van der Waals surface area contributed by atoms with Crippen LogP contribution in [0, 0.1) is 0 Å². The van der Waals surface area contributed by atoms with Crippen LogP contribution in [-0.4, -0.2) is 72.0 Å². The molecule has 1 saturated heterocycles. The highest BCUT2D eigenvalue weighted by molar-refractivity contribution is 5.78. The van der Waals surface area contributed by atoms with E-state index in [1.165, 1.54) is 0 Å². The largest absolute Gasteiger partial charge is 0.466 e. The molecule has 110 valence electrons. The van der Waals surface area contributed by atoms with Gasteiger partial charge < -0.3 is 20.3 Å². The molecular formula is C12H22N2O5. The Hall–Kier alpha value is -1.18. The van der Waals surface area contributed by atoms with Gasteiger partial charge in [-0.05, 0) is 13.3 Å². The number of carbonyl (C=O) groups excluding carboxylic acids is 2. The first kappa shape index (κ1) is 15.9. The number of nitrogens with zero attached hydrogens (tertiary/aromatic N) is 1. The number of aliphatic hydroxyl groups is 2. The van der Waals surface area contributed by atoms with Crippen molar-refractivity contribution in [3.63, 3.8) is 0 Å². The predicted molar refractivity (Wildman–Crippen MR) is 67.3 cm³/mol. The first-order valence-corrected chi connectivity index (χ1v) is 6.53. The van der Waals surface area contributed by atoms with Crippen LogP contribution >= 0.6 is 0 Å². The minimum absolute atomic E-state index is 0.146. The predicted octanol–water partition coefficient (Wildman–Crippen LogP) is -1.52. The van der Waals surface area contributed by atoms with Crippen molar-refractivity contribution >= 4 is 11.9 Å². The Balaban J connectivity index is 2.07. The normalized spacial score (nSPS) is 23.3. The molecular weight excluding hydrogens is 252 g/mol. The number of β-amino-alcohol motifs (C(OH)–C–C–N with tert-alkyl or cyclic N) is 2. The summed E-state index contributed by atoms with van der Waals surface area (Å²) in [6.07, 6.45) is -0.737. The number of rotatable bonds is 7. The first-order valence-electron chi connectivity index (χ1n) is 6.53. The molecule has 0 aromatic rings. The molecule has 0 aliphatic carbocycles. The van der Waals surface area contributed by atoms with Crippen molar-refractivity contribution in [1.29, 1.82) is 0 Å². The quantitative estimate of drug-likeness (QED) is 0.385. The van der Waals surface area contributed by atoms with Crippen molar-refractivity contribution < 1.29 is 24.5 Å². The molecule has 0 bridgehead atoms. The van der Waals surface area contributed by atoms with E-state index in [4.69, 9.17) is 4.74 Å². The highest BCUT2D eigenvalue weighted by Crippen LogP contribution is 2.08. The Morgan fingerprint density at radius 2 is 1.95 bits per heavy atom. The lowest BCUT2D eigenvalue weighted by molar-refractivity contribution is -0.143. The van der Waals surface area contributed by atoms with E-state index in [9.17, 15) is 19.8 Å². The summed E-state index contributed by atoms with van der Waals surface area (Å²) in [4.78, 5) is 24.3. The summed E-state index contributed by atoms with van der Waals surface area (Å²) < 4.78 is 4.76. The van der Waals surface area contributed by atoms with Gasteiger partial charge in [0.25, 0.3) is 0 Å². The van der Waals surface area contributed by atoms with Gasteiger partial charge in [-0.15, -0.1) is 0 Å². The van der Waals surface area contributed by atoms with E-state index in [1.807, 2.05) is 0 Å². The maximum absolute atomic E-state index is 11.6. The van der Waals surface area contributed by atoms with E-state index in [-0.39, 0.29) is 24.8 Å². The van der Waals surface area contributed by atoms with Crippen LogP contribution in [0.3, 0.4) is 0 Å². The molecule has 0 aromatic heterocycles. The van der Waals surface area contributed by atoms with Gasteiger partial charge in [0.2, 0.25) is 5.91 Å². The van der Waals surface area contributed by atoms with Crippen molar-refractivity contribution in [1.82, 2.24) is 10.2 Å². The van der Waals surface area contributed by atoms with Crippen molar-refractivity contribution in [3.05, 3.63) is 0 Å². The topological polar surface area (TPSA) is 99.1 Å². The number of hydrogen-bond acceptors (Lipinski definition) is 6. The van der Waals surface area contributed by atoms with Crippen LogP contribution < -0.4 is 5.32 Å². The molecule has 1 fully saturated rings. The van der Waals surface area contributed by atoms with E-state index in [0.717, 1.165) is 0 Å². The standard InChI is InChI=1S/C12H22N2O5/c1-2-19-12(18)4-3-5-13-11(17)8-14-6-9(15)10(16)7-14/h9-10,15-16H,2-8H2,1H3,(H,13,17). The van der Waals surface area contributed by atoms with Gasteiger partial charge in [0.05, 0.1) is 25.4 Å². The molecule has 1 aliphatic rings. The lowest BCUT2D eigenvalue weighted by Crippen LogP contribution is -2.37. The van der Waals surface area contributed by atoms with Crippen LogP contribution in [0.15, 0.2) is 0 Å². The minimum atomic E-state index is -0.781. The van der Waals surface area contributed by atoms with E-state index >= 15 is 0 Å². The molecule has 7 heteroatoms. The number of ether oxygens (including phenoxy) is 1. The number of likely N-dealkylation sites (tertiary alicyclic amines) is 1. The zero-order valence-corrected chi connectivity index (χ0v) is 11.2. The van der Waals surface area contributed by atoms with Gasteiger partial charge in [0, 0.05) is 26.1 Å². The van der Waals surface area contributed by atoms with E-state index in [2.05, 4.69) is 5.32 Å². The van der Waals surface area contributed by atoms with Crippen molar-refractivity contribution in [2.24, 2.45) is 0 Å². The molecule has 0 saturated carbocycles. The lowest BCUT2D eigenvalue weighted by atomic mass is 10.3. The third kappa shape index (κ3) is 6.00. The van der Waals surface area contributed by atoms with Crippen molar-refractivity contribution in [2.75, 3.05) is 32.8 Å². The smallest absolute Gasteiger partial charge is 0.305 e. The van der Waals surface area contributed by atoms with Gasteiger partial charge >= 0.3 is 5.97 Å². The Morgan fingerprint density at radius 3 is 2.53 bits per heavy atom. The molecule has 1 amide bonds. The Bertz CT molecular complexity index is 300. The van der Waals surface area contributed by atoms with Gasteiger partial charge in [-0.25, -0.2) is 0 Å². The van der Waals surface area contributed by atoms with Gasteiger partial charge in [-0.1, -0.05) is 0 Å². The Morgan fingerprint density at radius 1 is 1.32 bits per heavy atom. The lowest BCUT2D eigenvalue weighted by Gasteiger charge is -2.14. The van der Waals surface area contributed by atoms with Crippen LogP contribution in [0.1, 0.15) is 19.8 Å². The van der Waals surface area contributed by atoms with Crippen LogP contribution in [-0.2, 0) is 14.3 Å². The molecule has 1 aliphatic heterocycles. The molecule has 2 unspecified atom stereocenters. The van der Waals surface area contributed by atoms with Crippen molar-refractivity contribution in [2.45, 2.75) is 32.0 Å². The number of carbonyl (C=O) groups is 2. The maximum atomic E-state index is 11.6. The zero-order chi connectivity index (χ0) is 14.3. The van der Waals surface area contributed by atoms with E-state index < -0.39 is 12.2 Å². The van der Waals surface area contributed by atoms with Crippen LogP contribution in [0.2, 0.25) is 0 Å². The summed E-state index contributed by atoms with van der Waals surface area (Å²) in [6, 6.07) is 0. The summed E-state index contributed by atoms with van der Waals surface area (Å²) in [5.74, 6) is -0.437. The monoisotopic (exact) mass is 274 g/mol. The molecule has 2 atom stereocenters. The fraction of sp³-hybridized carbons (Fsp3) is 0.833. The van der Waals surface area contributed by atoms with E-state index in [0.29, 0.717) is 32.7 Å². The second-order valence-electron chi connectivity index (χ2n) is 4.59. The summed E-state index contributed by atoms with van der Waals surface area (Å²) >= 11 is 0. The second kappa shape index (κ2) is 8.08. The highest BCUT2D eigenvalue weighted by atomic mass is 16.5. The molecule has 1 heterocycles. The van der Waals surface area contributed by atoms with Gasteiger partial charge in [-0.2, -0.15) is 0 Å². The molecule has 3 N–H and O–H groups in total. The summed E-state index contributed by atoms with van der Waals surface area (Å²) in [5.41, 5.74) is 0. The first-order chi connectivity index (χ1) is 9.02.